The predicted molar refractivity (Wildman–Crippen MR) is 57.9 cm³/mol. The number of hydrogen-bond acceptors (Lipinski definition) is 3. The summed E-state index contributed by atoms with van der Waals surface area (Å²) in [4.78, 5) is 13.5. The van der Waals surface area contributed by atoms with Crippen LogP contribution in [0.25, 0.3) is 0 Å². The molecule has 88 valence electrons. The molecule has 1 aliphatic heterocycles. The van der Waals surface area contributed by atoms with E-state index < -0.39 is 0 Å². The Balaban J connectivity index is 2.45. The molecule has 1 fully saturated rings. The van der Waals surface area contributed by atoms with Crippen LogP contribution in [-0.4, -0.2) is 43.9 Å². The number of amides is 1. The van der Waals surface area contributed by atoms with Gasteiger partial charge in [-0.1, -0.05) is 0 Å². The molecule has 4 heteroatoms. The molecule has 15 heavy (non-hydrogen) atoms. The molecule has 0 N–H and O–H groups in total. The second-order valence-corrected chi connectivity index (χ2v) is 3.82. The summed E-state index contributed by atoms with van der Waals surface area (Å²) in [6.07, 6.45) is 4.10. The highest BCUT2D eigenvalue weighted by Crippen LogP contribution is 2.20. The van der Waals surface area contributed by atoms with E-state index in [1.165, 1.54) is 6.42 Å². The summed E-state index contributed by atoms with van der Waals surface area (Å²) < 4.78 is 10.1. The summed E-state index contributed by atoms with van der Waals surface area (Å²) >= 11 is 0. The van der Waals surface area contributed by atoms with Gasteiger partial charge in [0.2, 0.25) is 0 Å². The van der Waals surface area contributed by atoms with Gasteiger partial charge in [-0.05, 0) is 32.6 Å². The fraction of sp³-hybridized carbons (Fsp3) is 0.909. The Labute approximate surface area is 91.5 Å². The normalized spacial score (nSPS) is 21.5. The standard InChI is InChI=1S/C11H21NO3/c1-3-15-11(13)12-8-5-4-6-10(12)7-9-14-2/h10H,3-9H2,1-2H3. The number of piperidine rings is 1. The SMILES string of the molecule is CCOC(=O)N1CCCCC1CCOC. The highest BCUT2D eigenvalue weighted by atomic mass is 16.6. The number of methoxy groups -OCH3 is 1. The van der Waals surface area contributed by atoms with E-state index in [1.54, 1.807) is 7.11 Å². The summed E-state index contributed by atoms with van der Waals surface area (Å²) in [5, 5.41) is 0. The molecule has 0 aromatic carbocycles. The van der Waals surface area contributed by atoms with Crippen LogP contribution in [0.1, 0.15) is 32.6 Å². The van der Waals surface area contributed by atoms with Crippen LogP contribution in [0.3, 0.4) is 0 Å². The van der Waals surface area contributed by atoms with Gasteiger partial charge < -0.3 is 14.4 Å². The molecule has 0 aromatic rings. The lowest BCUT2D eigenvalue weighted by Gasteiger charge is -2.34. The van der Waals surface area contributed by atoms with Crippen LogP contribution < -0.4 is 0 Å². The van der Waals surface area contributed by atoms with Gasteiger partial charge in [0.15, 0.2) is 0 Å². The number of nitrogens with zero attached hydrogens (tertiary/aromatic N) is 1. The molecule has 1 aliphatic rings. The van der Waals surface area contributed by atoms with Crippen molar-refractivity contribution in [1.82, 2.24) is 4.90 Å². The van der Waals surface area contributed by atoms with E-state index >= 15 is 0 Å². The van der Waals surface area contributed by atoms with Gasteiger partial charge in [0, 0.05) is 26.3 Å². The molecule has 0 aliphatic carbocycles. The van der Waals surface area contributed by atoms with Crippen LogP contribution in [0.5, 0.6) is 0 Å². The molecule has 0 aromatic heterocycles. The second kappa shape index (κ2) is 6.67. The third-order valence-electron chi connectivity index (χ3n) is 2.78. The maximum Gasteiger partial charge on any atom is 0.409 e. The first-order chi connectivity index (χ1) is 7.29. The lowest BCUT2D eigenvalue weighted by Crippen LogP contribution is -2.44. The van der Waals surface area contributed by atoms with E-state index in [2.05, 4.69) is 0 Å². The second-order valence-electron chi connectivity index (χ2n) is 3.82. The highest BCUT2D eigenvalue weighted by molar-refractivity contribution is 5.68. The van der Waals surface area contributed by atoms with Crippen molar-refractivity contribution in [3.8, 4) is 0 Å². The van der Waals surface area contributed by atoms with Gasteiger partial charge in [-0.25, -0.2) is 4.79 Å². The van der Waals surface area contributed by atoms with Crippen LogP contribution in [-0.2, 0) is 9.47 Å². The molecule has 0 saturated carbocycles. The van der Waals surface area contributed by atoms with E-state index in [1.807, 2.05) is 11.8 Å². The van der Waals surface area contributed by atoms with Crippen molar-refractivity contribution < 1.29 is 14.3 Å². The lowest BCUT2D eigenvalue weighted by atomic mass is 10.0. The number of carbonyl (C=O) groups is 1. The third kappa shape index (κ3) is 3.70. The minimum absolute atomic E-state index is 0.168. The Kier molecular flexibility index (Phi) is 5.47. The maximum absolute atomic E-state index is 11.6. The smallest absolute Gasteiger partial charge is 0.409 e. The first-order valence-electron chi connectivity index (χ1n) is 5.72. The van der Waals surface area contributed by atoms with Crippen LogP contribution in [0.4, 0.5) is 4.79 Å². The number of ether oxygens (including phenoxy) is 2. The fourth-order valence-corrected chi connectivity index (χ4v) is 2.00. The van der Waals surface area contributed by atoms with E-state index in [4.69, 9.17) is 9.47 Å². The quantitative estimate of drug-likeness (QED) is 0.720. The average Bonchev–Trinajstić information content (AvgIpc) is 2.27. The van der Waals surface area contributed by atoms with Crippen molar-refractivity contribution in [1.29, 1.82) is 0 Å². The fourth-order valence-electron chi connectivity index (χ4n) is 2.00. The predicted octanol–water partition coefficient (Wildman–Crippen LogP) is 2.03. The van der Waals surface area contributed by atoms with Crippen molar-refractivity contribution in [3.05, 3.63) is 0 Å². The van der Waals surface area contributed by atoms with E-state index in [9.17, 15) is 4.79 Å². The first-order valence-corrected chi connectivity index (χ1v) is 5.72. The van der Waals surface area contributed by atoms with Gasteiger partial charge in [0.1, 0.15) is 0 Å². The first kappa shape index (κ1) is 12.3. The van der Waals surface area contributed by atoms with Gasteiger partial charge in [0.25, 0.3) is 0 Å². The minimum atomic E-state index is -0.168. The Morgan fingerprint density at radius 3 is 2.93 bits per heavy atom. The van der Waals surface area contributed by atoms with E-state index in [-0.39, 0.29) is 6.09 Å². The number of hydrogen-bond donors (Lipinski definition) is 0. The van der Waals surface area contributed by atoms with Gasteiger partial charge in [-0.15, -0.1) is 0 Å². The zero-order valence-electron chi connectivity index (χ0n) is 9.70. The van der Waals surface area contributed by atoms with Crippen molar-refractivity contribution >= 4 is 6.09 Å². The van der Waals surface area contributed by atoms with Crippen LogP contribution in [0.15, 0.2) is 0 Å². The molecular formula is C11H21NO3. The number of rotatable bonds is 4. The molecule has 0 radical (unpaired) electrons. The van der Waals surface area contributed by atoms with Gasteiger partial charge in [-0.3, -0.25) is 0 Å². The van der Waals surface area contributed by atoms with Crippen LogP contribution in [0.2, 0.25) is 0 Å². The third-order valence-corrected chi connectivity index (χ3v) is 2.78. The average molecular weight is 215 g/mol. The Hall–Kier alpha value is -0.770. The molecule has 1 atom stereocenters. The molecule has 1 saturated heterocycles. The highest BCUT2D eigenvalue weighted by Gasteiger charge is 2.26. The molecule has 1 rings (SSSR count). The van der Waals surface area contributed by atoms with E-state index in [0.717, 1.165) is 25.8 Å². The van der Waals surface area contributed by atoms with Crippen molar-refractivity contribution in [2.75, 3.05) is 26.9 Å². The minimum Gasteiger partial charge on any atom is -0.450 e. The van der Waals surface area contributed by atoms with E-state index in [0.29, 0.717) is 19.3 Å². The maximum atomic E-state index is 11.6. The molecule has 4 nitrogen and oxygen atoms in total. The molecule has 1 heterocycles. The number of likely N-dealkylation sites (tertiary alicyclic amines) is 1. The summed E-state index contributed by atoms with van der Waals surface area (Å²) in [7, 11) is 1.69. The van der Waals surface area contributed by atoms with Crippen molar-refractivity contribution in [2.24, 2.45) is 0 Å². The molecule has 1 amide bonds. The van der Waals surface area contributed by atoms with Gasteiger partial charge in [0.05, 0.1) is 6.61 Å². The molecular weight excluding hydrogens is 194 g/mol. The molecule has 0 bridgehead atoms. The summed E-state index contributed by atoms with van der Waals surface area (Å²) in [5.41, 5.74) is 0. The van der Waals surface area contributed by atoms with Gasteiger partial charge >= 0.3 is 6.09 Å². The molecule has 1 unspecified atom stereocenters. The topological polar surface area (TPSA) is 38.8 Å². The lowest BCUT2D eigenvalue weighted by molar-refractivity contribution is 0.0647. The summed E-state index contributed by atoms with van der Waals surface area (Å²) in [6.45, 7) is 3.83. The molecule has 0 spiro atoms. The zero-order valence-corrected chi connectivity index (χ0v) is 9.70. The summed E-state index contributed by atoms with van der Waals surface area (Å²) in [5.74, 6) is 0. The van der Waals surface area contributed by atoms with Crippen molar-refractivity contribution in [2.45, 2.75) is 38.6 Å². The number of carbonyl (C=O) groups excluding carboxylic acids is 1. The van der Waals surface area contributed by atoms with Crippen molar-refractivity contribution in [3.63, 3.8) is 0 Å². The monoisotopic (exact) mass is 215 g/mol. The summed E-state index contributed by atoms with van der Waals surface area (Å²) in [6, 6.07) is 0.303. The van der Waals surface area contributed by atoms with Crippen LogP contribution in [0, 0.1) is 0 Å². The Morgan fingerprint density at radius 1 is 1.47 bits per heavy atom. The zero-order chi connectivity index (χ0) is 11.1. The van der Waals surface area contributed by atoms with Crippen LogP contribution >= 0.6 is 0 Å². The van der Waals surface area contributed by atoms with Gasteiger partial charge in [-0.2, -0.15) is 0 Å². The Bertz CT molecular complexity index is 196. The Morgan fingerprint density at radius 2 is 2.27 bits per heavy atom. The largest absolute Gasteiger partial charge is 0.450 e.